The molecule has 2 N–H and O–H groups in total. The molecule has 1 aromatic carbocycles. The Morgan fingerprint density at radius 3 is 2.70 bits per heavy atom. The third kappa shape index (κ3) is 4.50. The monoisotopic (exact) mass is 331 g/mol. The molecule has 1 aromatic heterocycles. The van der Waals surface area contributed by atoms with Crippen LogP contribution in [-0.4, -0.2) is 18.0 Å². The molecule has 2 rings (SSSR count). The zero-order valence-corrected chi connectivity index (χ0v) is 14.1. The zero-order valence-electron chi connectivity index (χ0n) is 13.3. The number of thiazole rings is 1. The molecule has 0 radical (unpaired) electrons. The maximum atomic E-state index is 13.8. The number of nitrogens with zero attached hydrogens (tertiary/aromatic N) is 3. The maximum absolute atomic E-state index is 13.8. The molecule has 0 bridgehead atoms. The van der Waals surface area contributed by atoms with Crippen LogP contribution in [0.3, 0.4) is 0 Å². The number of hydrogen-bond donors (Lipinski definition) is 2. The molecule has 23 heavy (non-hydrogen) atoms. The van der Waals surface area contributed by atoms with Crippen LogP contribution in [0.5, 0.6) is 0 Å². The molecular formula is C16H18FN5S. The number of hydrogen-bond acceptors (Lipinski definition) is 4. The standard InChI is InChI=1S/C16H18FN5S/c1-10-15(23-11(2)22-10)9-21-16(19-3)20-8-13-6-12(7-18)4-5-14(13)17/h4-6H,8-9H2,1-3H3,(H2,19,20,21). The van der Waals surface area contributed by atoms with Gasteiger partial charge in [0, 0.05) is 24.0 Å². The topological polar surface area (TPSA) is 73.1 Å². The molecule has 0 aliphatic carbocycles. The molecule has 1 heterocycles. The van der Waals surface area contributed by atoms with E-state index >= 15 is 0 Å². The minimum Gasteiger partial charge on any atom is -0.352 e. The van der Waals surface area contributed by atoms with Crippen molar-refractivity contribution in [2.45, 2.75) is 26.9 Å². The molecule has 0 aliphatic heterocycles. The molecule has 0 unspecified atom stereocenters. The van der Waals surface area contributed by atoms with Gasteiger partial charge in [-0.05, 0) is 32.0 Å². The highest BCUT2D eigenvalue weighted by Crippen LogP contribution is 2.16. The Labute approximate surface area is 138 Å². The molecule has 0 spiro atoms. The third-order valence-electron chi connectivity index (χ3n) is 3.26. The van der Waals surface area contributed by atoms with Crippen molar-refractivity contribution in [3.8, 4) is 6.07 Å². The van der Waals surface area contributed by atoms with Crippen LogP contribution in [-0.2, 0) is 13.1 Å². The molecule has 7 heteroatoms. The second-order valence-electron chi connectivity index (χ2n) is 4.94. The molecule has 0 saturated heterocycles. The number of halogens is 1. The van der Waals surface area contributed by atoms with E-state index in [-0.39, 0.29) is 12.4 Å². The van der Waals surface area contributed by atoms with E-state index in [2.05, 4.69) is 20.6 Å². The molecule has 2 aromatic rings. The quantitative estimate of drug-likeness (QED) is 0.667. The van der Waals surface area contributed by atoms with Gasteiger partial charge in [0.1, 0.15) is 5.82 Å². The third-order valence-corrected chi connectivity index (χ3v) is 4.33. The number of nitrogens with one attached hydrogen (secondary N) is 2. The Balaban J connectivity index is 1.96. The van der Waals surface area contributed by atoms with Crippen LogP contribution in [0.2, 0.25) is 0 Å². The first-order valence-corrected chi connectivity index (χ1v) is 7.91. The average molecular weight is 331 g/mol. The lowest BCUT2D eigenvalue weighted by Gasteiger charge is -2.12. The number of guanidine groups is 1. The van der Waals surface area contributed by atoms with E-state index in [4.69, 9.17) is 5.26 Å². The summed E-state index contributed by atoms with van der Waals surface area (Å²) in [7, 11) is 1.65. The van der Waals surface area contributed by atoms with Crippen molar-refractivity contribution >= 4 is 17.3 Å². The van der Waals surface area contributed by atoms with Gasteiger partial charge in [0.05, 0.1) is 28.9 Å². The number of aromatic nitrogens is 1. The van der Waals surface area contributed by atoms with Gasteiger partial charge in [0.15, 0.2) is 5.96 Å². The molecule has 0 fully saturated rings. The van der Waals surface area contributed by atoms with E-state index < -0.39 is 0 Å². The van der Waals surface area contributed by atoms with Crippen LogP contribution in [0.15, 0.2) is 23.2 Å². The van der Waals surface area contributed by atoms with E-state index in [9.17, 15) is 4.39 Å². The highest BCUT2D eigenvalue weighted by molar-refractivity contribution is 7.11. The molecule has 0 atom stereocenters. The zero-order chi connectivity index (χ0) is 16.8. The van der Waals surface area contributed by atoms with Crippen molar-refractivity contribution in [2.75, 3.05) is 7.05 Å². The van der Waals surface area contributed by atoms with Gasteiger partial charge in [0.25, 0.3) is 0 Å². The van der Waals surface area contributed by atoms with Crippen LogP contribution >= 0.6 is 11.3 Å². The highest BCUT2D eigenvalue weighted by atomic mass is 32.1. The summed E-state index contributed by atoms with van der Waals surface area (Å²) in [6.45, 7) is 4.80. The number of rotatable bonds is 4. The van der Waals surface area contributed by atoms with Crippen molar-refractivity contribution in [3.63, 3.8) is 0 Å². The summed E-state index contributed by atoms with van der Waals surface area (Å²) < 4.78 is 13.8. The van der Waals surface area contributed by atoms with Crippen molar-refractivity contribution in [3.05, 3.63) is 50.7 Å². The molecule has 120 valence electrons. The summed E-state index contributed by atoms with van der Waals surface area (Å²) in [4.78, 5) is 9.64. The number of benzene rings is 1. The minimum atomic E-state index is -0.346. The predicted octanol–water partition coefficient (Wildman–Crippen LogP) is 2.64. The minimum absolute atomic E-state index is 0.252. The van der Waals surface area contributed by atoms with Crippen LogP contribution in [0.25, 0.3) is 0 Å². The summed E-state index contributed by atoms with van der Waals surface area (Å²) in [6, 6.07) is 6.30. The molecule has 0 saturated carbocycles. The Bertz CT molecular complexity index is 760. The van der Waals surface area contributed by atoms with E-state index in [1.165, 1.54) is 18.2 Å². The van der Waals surface area contributed by atoms with Gasteiger partial charge >= 0.3 is 0 Å². The van der Waals surface area contributed by atoms with Gasteiger partial charge in [-0.15, -0.1) is 11.3 Å². The Morgan fingerprint density at radius 2 is 2.09 bits per heavy atom. The Morgan fingerprint density at radius 1 is 1.35 bits per heavy atom. The van der Waals surface area contributed by atoms with E-state index in [0.29, 0.717) is 23.6 Å². The van der Waals surface area contributed by atoms with E-state index in [1.54, 1.807) is 18.4 Å². The van der Waals surface area contributed by atoms with E-state index in [0.717, 1.165) is 15.6 Å². The van der Waals surface area contributed by atoms with Crippen LogP contribution in [0.4, 0.5) is 4.39 Å². The predicted molar refractivity (Wildman–Crippen MR) is 89.7 cm³/mol. The largest absolute Gasteiger partial charge is 0.352 e. The SMILES string of the molecule is CN=C(NCc1cc(C#N)ccc1F)NCc1sc(C)nc1C. The van der Waals surface area contributed by atoms with Crippen molar-refractivity contribution < 1.29 is 4.39 Å². The van der Waals surface area contributed by atoms with Gasteiger partial charge in [0.2, 0.25) is 0 Å². The maximum Gasteiger partial charge on any atom is 0.191 e. The average Bonchev–Trinajstić information content (AvgIpc) is 2.86. The molecule has 0 amide bonds. The second-order valence-corrected chi connectivity index (χ2v) is 6.23. The fourth-order valence-corrected chi connectivity index (χ4v) is 2.96. The highest BCUT2D eigenvalue weighted by Gasteiger charge is 2.07. The van der Waals surface area contributed by atoms with Gasteiger partial charge in [-0.25, -0.2) is 9.37 Å². The second kappa shape index (κ2) is 7.70. The first kappa shape index (κ1) is 16.9. The fourth-order valence-electron chi connectivity index (χ4n) is 2.08. The molecular weight excluding hydrogens is 313 g/mol. The Kier molecular flexibility index (Phi) is 5.66. The first-order valence-electron chi connectivity index (χ1n) is 7.09. The van der Waals surface area contributed by atoms with Crippen molar-refractivity contribution in [2.24, 2.45) is 4.99 Å². The normalized spacial score (nSPS) is 11.2. The van der Waals surface area contributed by atoms with Gasteiger partial charge in [-0.3, -0.25) is 4.99 Å². The Hall–Kier alpha value is -2.46. The van der Waals surface area contributed by atoms with Crippen LogP contribution < -0.4 is 10.6 Å². The summed E-state index contributed by atoms with van der Waals surface area (Å²) in [5.74, 6) is 0.220. The van der Waals surface area contributed by atoms with Gasteiger partial charge in [-0.1, -0.05) is 0 Å². The van der Waals surface area contributed by atoms with Crippen LogP contribution in [0.1, 0.15) is 26.7 Å². The smallest absolute Gasteiger partial charge is 0.191 e. The van der Waals surface area contributed by atoms with Gasteiger partial charge in [-0.2, -0.15) is 5.26 Å². The van der Waals surface area contributed by atoms with Gasteiger partial charge < -0.3 is 10.6 Å². The van der Waals surface area contributed by atoms with Crippen molar-refractivity contribution in [1.29, 1.82) is 5.26 Å². The first-order chi connectivity index (χ1) is 11.0. The lowest BCUT2D eigenvalue weighted by molar-refractivity contribution is 0.604. The number of aliphatic imine (C=N–C) groups is 1. The lowest BCUT2D eigenvalue weighted by atomic mass is 10.1. The van der Waals surface area contributed by atoms with Crippen molar-refractivity contribution in [1.82, 2.24) is 15.6 Å². The number of nitriles is 1. The summed E-state index contributed by atoms with van der Waals surface area (Å²) in [5.41, 5.74) is 1.86. The van der Waals surface area contributed by atoms with Crippen LogP contribution in [0, 0.1) is 31.0 Å². The summed E-state index contributed by atoms with van der Waals surface area (Å²) in [5, 5.41) is 16.1. The lowest BCUT2D eigenvalue weighted by Crippen LogP contribution is -2.36. The molecule has 5 nitrogen and oxygen atoms in total. The number of aryl methyl sites for hydroxylation is 2. The fraction of sp³-hybridized carbons (Fsp3) is 0.312. The summed E-state index contributed by atoms with van der Waals surface area (Å²) in [6.07, 6.45) is 0. The summed E-state index contributed by atoms with van der Waals surface area (Å²) >= 11 is 1.64. The van der Waals surface area contributed by atoms with E-state index in [1.807, 2.05) is 19.9 Å². The molecule has 0 aliphatic rings.